The second kappa shape index (κ2) is 7.49. The lowest BCUT2D eigenvalue weighted by Gasteiger charge is -2.15. The van der Waals surface area contributed by atoms with Crippen LogP contribution in [0.5, 0.6) is 0 Å². The van der Waals surface area contributed by atoms with Gasteiger partial charge in [-0.05, 0) is 37.4 Å². The highest BCUT2D eigenvalue weighted by Crippen LogP contribution is 2.18. The molecule has 0 aliphatic carbocycles. The standard InChI is InChI=1S/C16H21N3O2S/c1-3-4-8-17-11-13(2)19-22(20,21)16-6-5-15-12-18-9-7-14(15)10-16/h3-7,9-10,12-13,17,19H,8,11H2,1-2H3/t13-/m0/s1. The Morgan fingerprint density at radius 2 is 2.09 bits per heavy atom. The molecule has 0 aliphatic rings. The molecule has 1 aromatic heterocycles. The van der Waals surface area contributed by atoms with Crippen molar-refractivity contribution in [1.29, 1.82) is 0 Å². The number of allylic oxidation sites excluding steroid dienone is 1. The first-order valence-electron chi connectivity index (χ1n) is 7.21. The minimum atomic E-state index is -3.52. The smallest absolute Gasteiger partial charge is 0.240 e. The summed E-state index contributed by atoms with van der Waals surface area (Å²) in [5, 5.41) is 4.94. The lowest BCUT2D eigenvalue weighted by Crippen LogP contribution is -2.39. The molecular weight excluding hydrogens is 298 g/mol. The van der Waals surface area contributed by atoms with Crippen molar-refractivity contribution in [3.05, 3.63) is 48.8 Å². The van der Waals surface area contributed by atoms with E-state index in [4.69, 9.17) is 0 Å². The zero-order valence-corrected chi connectivity index (χ0v) is 13.6. The second-order valence-corrected chi connectivity index (χ2v) is 6.85. The van der Waals surface area contributed by atoms with Gasteiger partial charge in [-0.2, -0.15) is 0 Å². The first kappa shape index (κ1) is 16.6. The number of fused-ring (bicyclic) bond motifs is 1. The zero-order valence-electron chi connectivity index (χ0n) is 12.8. The third kappa shape index (κ3) is 4.37. The summed E-state index contributed by atoms with van der Waals surface area (Å²) >= 11 is 0. The van der Waals surface area contributed by atoms with Crippen LogP contribution in [-0.4, -0.2) is 32.5 Å². The molecule has 6 heteroatoms. The van der Waals surface area contributed by atoms with E-state index in [2.05, 4.69) is 15.0 Å². The molecule has 0 bridgehead atoms. The van der Waals surface area contributed by atoms with Crippen molar-refractivity contribution in [3.63, 3.8) is 0 Å². The summed E-state index contributed by atoms with van der Waals surface area (Å²) in [7, 11) is -3.52. The molecule has 2 N–H and O–H groups in total. The molecule has 0 amide bonds. The quantitative estimate of drug-likeness (QED) is 0.605. The normalized spacial score (nSPS) is 13.7. The third-order valence-corrected chi connectivity index (χ3v) is 4.81. The maximum absolute atomic E-state index is 12.4. The highest BCUT2D eigenvalue weighted by atomic mass is 32.2. The number of pyridine rings is 1. The van der Waals surface area contributed by atoms with Crippen LogP contribution in [0.25, 0.3) is 10.8 Å². The van der Waals surface area contributed by atoms with Gasteiger partial charge < -0.3 is 5.32 Å². The Hall–Kier alpha value is -1.76. The van der Waals surface area contributed by atoms with E-state index in [9.17, 15) is 8.42 Å². The molecule has 0 fully saturated rings. The fraction of sp³-hybridized carbons (Fsp3) is 0.312. The van der Waals surface area contributed by atoms with Crippen LogP contribution in [0.3, 0.4) is 0 Å². The molecule has 2 aromatic rings. The SMILES string of the molecule is CC=CCNC[C@H](C)NS(=O)(=O)c1ccc2cnccc2c1. The van der Waals surface area contributed by atoms with Crippen molar-refractivity contribution >= 4 is 20.8 Å². The van der Waals surface area contributed by atoms with E-state index in [-0.39, 0.29) is 10.9 Å². The molecule has 2 rings (SSSR count). The number of rotatable bonds is 7. The number of nitrogens with one attached hydrogen (secondary N) is 2. The molecular formula is C16H21N3O2S. The summed E-state index contributed by atoms with van der Waals surface area (Å²) in [6.07, 6.45) is 7.30. The Balaban J connectivity index is 2.08. The maximum atomic E-state index is 12.4. The molecule has 0 saturated carbocycles. The van der Waals surface area contributed by atoms with Gasteiger partial charge in [0.15, 0.2) is 0 Å². The van der Waals surface area contributed by atoms with E-state index >= 15 is 0 Å². The molecule has 0 saturated heterocycles. The molecule has 1 atom stereocenters. The van der Waals surface area contributed by atoms with Gasteiger partial charge in [0, 0.05) is 36.9 Å². The zero-order chi connectivity index (χ0) is 16.0. The number of benzene rings is 1. The molecule has 22 heavy (non-hydrogen) atoms. The van der Waals surface area contributed by atoms with Gasteiger partial charge in [0.25, 0.3) is 0 Å². The summed E-state index contributed by atoms with van der Waals surface area (Å²) < 4.78 is 27.5. The summed E-state index contributed by atoms with van der Waals surface area (Å²) in [6.45, 7) is 5.08. The van der Waals surface area contributed by atoms with E-state index < -0.39 is 10.0 Å². The van der Waals surface area contributed by atoms with Gasteiger partial charge in [-0.15, -0.1) is 0 Å². The van der Waals surface area contributed by atoms with E-state index in [0.717, 1.165) is 17.3 Å². The topological polar surface area (TPSA) is 71.1 Å². The number of nitrogens with zero attached hydrogens (tertiary/aromatic N) is 1. The average Bonchev–Trinajstić information content (AvgIpc) is 2.50. The monoisotopic (exact) mass is 319 g/mol. The van der Waals surface area contributed by atoms with Crippen LogP contribution in [0.4, 0.5) is 0 Å². The Labute approximate surface area is 131 Å². The van der Waals surface area contributed by atoms with Crippen LogP contribution in [0, 0.1) is 0 Å². The lowest BCUT2D eigenvalue weighted by atomic mass is 10.2. The molecule has 1 aromatic carbocycles. The van der Waals surface area contributed by atoms with Gasteiger partial charge in [0.1, 0.15) is 0 Å². The first-order chi connectivity index (χ1) is 10.5. The molecule has 1 heterocycles. The van der Waals surface area contributed by atoms with Crippen molar-refractivity contribution in [2.24, 2.45) is 0 Å². The van der Waals surface area contributed by atoms with Gasteiger partial charge in [0.05, 0.1) is 4.90 Å². The number of hydrogen-bond donors (Lipinski definition) is 2. The van der Waals surface area contributed by atoms with Crippen molar-refractivity contribution in [3.8, 4) is 0 Å². The Morgan fingerprint density at radius 3 is 2.86 bits per heavy atom. The van der Waals surface area contributed by atoms with Gasteiger partial charge in [0.2, 0.25) is 10.0 Å². The van der Waals surface area contributed by atoms with Crippen molar-refractivity contribution in [1.82, 2.24) is 15.0 Å². The maximum Gasteiger partial charge on any atom is 0.240 e. The fourth-order valence-corrected chi connectivity index (χ4v) is 3.38. The van der Waals surface area contributed by atoms with Crippen LogP contribution in [0.1, 0.15) is 13.8 Å². The van der Waals surface area contributed by atoms with E-state index in [1.54, 1.807) is 36.7 Å². The molecule has 0 spiro atoms. The highest BCUT2D eigenvalue weighted by Gasteiger charge is 2.17. The molecule has 5 nitrogen and oxygen atoms in total. The number of aromatic nitrogens is 1. The van der Waals surface area contributed by atoms with Crippen LogP contribution in [0.2, 0.25) is 0 Å². The summed E-state index contributed by atoms with van der Waals surface area (Å²) in [5.74, 6) is 0. The number of sulfonamides is 1. The summed E-state index contributed by atoms with van der Waals surface area (Å²) in [6, 6.07) is 6.65. The average molecular weight is 319 g/mol. The Bertz CT molecular complexity index is 757. The molecule has 0 radical (unpaired) electrons. The predicted molar refractivity (Wildman–Crippen MR) is 89.2 cm³/mol. The summed E-state index contributed by atoms with van der Waals surface area (Å²) in [4.78, 5) is 4.29. The van der Waals surface area contributed by atoms with Crippen molar-refractivity contribution in [2.75, 3.05) is 13.1 Å². The highest BCUT2D eigenvalue weighted by molar-refractivity contribution is 7.89. The first-order valence-corrected chi connectivity index (χ1v) is 8.69. The predicted octanol–water partition coefficient (Wildman–Crippen LogP) is 2.07. The Kier molecular flexibility index (Phi) is 5.65. The fourth-order valence-electron chi connectivity index (χ4n) is 2.10. The van der Waals surface area contributed by atoms with Crippen LogP contribution >= 0.6 is 0 Å². The van der Waals surface area contributed by atoms with E-state index in [0.29, 0.717) is 6.54 Å². The molecule has 0 aliphatic heterocycles. The van der Waals surface area contributed by atoms with Crippen LogP contribution in [-0.2, 0) is 10.0 Å². The van der Waals surface area contributed by atoms with Gasteiger partial charge >= 0.3 is 0 Å². The minimum absolute atomic E-state index is 0.191. The van der Waals surface area contributed by atoms with Crippen molar-refractivity contribution < 1.29 is 8.42 Å². The Morgan fingerprint density at radius 1 is 1.27 bits per heavy atom. The largest absolute Gasteiger partial charge is 0.312 e. The van der Waals surface area contributed by atoms with Crippen LogP contribution < -0.4 is 10.0 Å². The van der Waals surface area contributed by atoms with E-state index in [1.165, 1.54) is 0 Å². The number of hydrogen-bond acceptors (Lipinski definition) is 4. The van der Waals surface area contributed by atoms with Crippen molar-refractivity contribution in [2.45, 2.75) is 24.8 Å². The lowest BCUT2D eigenvalue weighted by molar-refractivity contribution is 0.545. The van der Waals surface area contributed by atoms with E-state index in [1.807, 2.05) is 26.0 Å². The molecule has 0 unspecified atom stereocenters. The van der Waals surface area contributed by atoms with Gasteiger partial charge in [-0.1, -0.05) is 18.2 Å². The molecule has 118 valence electrons. The van der Waals surface area contributed by atoms with Crippen LogP contribution in [0.15, 0.2) is 53.7 Å². The summed E-state index contributed by atoms with van der Waals surface area (Å²) in [5.41, 5.74) is 0. The van der Waals surface area contributed by atoms with Gasteiger partial charge in [-0.25, -0.2) is 13.1 Å². The minimum Gasteiger partial charge on any atom is -0.312 e. The third-order valence-electron chi connectivity index (χ3n) is 3.23. The second-order valence-electron chi connectivity index (χ2n) is 5.13. The van der Waals surface area contributed by atoms with Gasteiger partial charge in [-0.3, -0.25) is 4.98 Å².